The van der Waals surface area contributed by atoms with Gasteiger partial charge >= 0.3 is 23.9 Å². The maximum Gasteiger partial charge on any atom is 0.303 e. The van der Waals surface area contributed by atoms with Crippen molar-refractivity contribution in [2.75, 3.05) is 6.61 Å². The second-order valence-corrected chi connectivity index (χ2v) is 5.09. The summed E-state index contributed by atoms with van der Waals surface area (Å²) in [5.74, 6) is -2.87. The van der Waals surface area contributed by atoms with Crippen LogP contribution < -0.4 is 0 Å². The van der Waals surface area contributed by atoms with Gasteiger partial charge in [0.05, 0.1) is 0 Å². The minimum absolute atomic E-state index is 0.366. The first-order chi connectivity index (χ1) is 11.1. The zero-order chi connectivity index (χ0) is 18.4. The molecule has 0 saturated carbocycles. The lowest BCUT2D eigenvalue weighted by molar-refractivity contribution is -0.296. The second-order valence-electron chi connectivity index (χ2n) is 5.09. The Morgan fingerprint density at radius 1 is 0.792 bits per heavy atom. The molecule has 0 aromatic rings. The first kappa shape index (κ1) is 19.8. The fourth-order valence-corrected chi connectivity index (χ4v) is 2.21. The summed E-state index contributed by atoms with van der Waals surface area (Å²) in [7, 11) is 0. The van der Waals surface area contributed by atoms with E-state index in [4.69, 9.17) is 23.7 Å². The summed E-state index contributed by atoms with van der Waals surface area (Å²) in [6.45, 7) is 4.09. The fourth-order valence-electron chi connectivity index (χ4n) is 2.21. The average molecular weight is 348 g/mol. The van der Waals surface area contributed by atoms with Gasteiger partial charge in [-0.25, -0.2) is 0 Å². The van der Waals surface area contributed by atoms with Crippen molar-refractivity contribution in [3.05, 3.63) is 0 Å². The van der Waals surface area contributed by atoms with Crippen molar-refractivity contribution in [2.45, 2.75) is 58.4 Å². The van der Waals surface area contributed by atoms with E-state index in [1.807, 2.05) is 0 Å². The van der Waals surface area contributed by atoms with Gasteiger partial charge in [0, 0.05) is 27.7 Å². The van der Waals surface area contributed by atoms with Gasteiger partial charge in [0.1, 0.15) is 12.7 Å². The Morgan fingerprint density at radius 3 is 1.71 bits per heavy atom. The van der Waals surface area contributed by atoms with Crippen molar-refractivity contribution in [1.29, 1.82) is 0 Å². The van der Waals surface area contributed by atoms with E-state index in [1.165, 1.54) is 0 Å². The third-order valence-electron chi connectivity index (χ3n) is 2.97. The number of hydrogen-bond donors (Lipinski definition) is 1. The Kier molecular flexibility index (Phi) is 7.11. The highest BCUT2D eigenvalue weighted by Gasteiger charge is 2.51. The maximum absolute atomic E-state index is 11.3. The third kappa shape index (κ3) is 5.78. The molecule has 1 aliphatic heterocycles. The van der Waals surface area contributed by atoms with Gasteiger partial charge in [-0.3, -0.25) is 19.2 Å². The van der Waals surface area contributed by atoms with Crippen LogP contribution >= 0.6 is 0 Å². The molecule has 0 bridgehead atoms. The van der Waals surface area contributed by atoms with Crippen LogP contribution in [-0.4, -0.2) is 66.3 Å². The number of esters is 4. The standard InChI is InChI=1S/C14H20O10/c1-6(15)20-5-10-11(21-7(2)16)12(22-8(3)17)13(14(19)24-10)23-9(4)18/h10-14,19H,5H2,1-4H3/t10-,11?,12?,13-,14-/m1/s1. The lowest BCUT2D eigenvalue weighted by Crippen LogP contribution is -2.62. The molecule has 1 fully saturated rings. The van der Waals surface area contributed by atoms with E-state index < -0.39 is 54.6 Å². The summed E-state index contributed by atoms with van der Waals surface area (Å²) in [5.41, 5.74) is 0. The van der Waals surface area contributed by atoms with E-state index in [-0.39, 0.29) is 6.61 Å². The van der Waals surface area contributed by atoms with Gasteiger partial charge < -0.3 is 28.8 Å². The second kappa shape index (κ2) is 8.60. The molecule has 1 aliphatic rings. The highest BCUT2D eigenvalue weighted by atomic mass is 16.7. The van der Waals surface area contributed by atoms with Crippen LogP contribution in [-0.2, 0) is 42.9 Å². The van der Waals surface area contributed by atoms with Gasteiger partial charge in [0.15, 0.2) is 24.6 Å². The van der Waals surface area contributed by atoms with E-state index in [0.717, 1.165) is 27.7 Å². The molecule has 0 spiro atoms. The normalized spacial score (nSPS) is 29.3. The van der Waals surface area contributed by atoms with Crippen LogP contribution in [0.5, 0.6) is 0 Å². The zero-order valence-corrected chi connectivity index (χ0v) is 13.7. The average Bonchev–Trinajstić information content (AvgIpc) is 2.42. The SMILES string of the molecule is CC(=O)OC[C@H]1O[C@@H](O)[C@H](OC(C)=O)C(OC(C)=O)C1OC(C)=O. The van der Waals surface area contributed by atoms with Gasteiger partial charge in [-0.1, -0.05) is 0 Å². The van der Waals surface area contributed by atoms with Gasteiger partial charge in [-0.2, -0.15) is 0 Å². The van der Waals surface area contributed by atoms with E-state index >= 15 is 0 Å². The van der Waals surface area contributed by atoms with Crippen LogP contribution in [0.3, 0.4) is 0 Å². The Morgan fingerprint density at radius 2 is 1.25 bits per heavy atom. The van der Waals surface area contributed by atoms with Gasteiger partial charge in [0.2, 0.25) is 0 Å². The molecule has 1 N–H and O–H groups in total. The van der Waals surface area contributed by atoms with Gasteiger partial charge in [0.25, 0.3) is 0 Å². The quantitative estimate of drug-likeness (QED) is 0.490. The Bertz CT molecular complexity index is 502. The summed E-state index contributed by atoms with van der Waals surface area (Å²) in [4.78, 5) is 44.9. The van der Waals surface area contributed by atoms with Crippen molar-refractivity contribution in [1.82, 2.24) is 0 Å². The van der Waals surface area contributed by atoms with Gasteiger partial charge in [-0.15, -0.1) is 0 Å². The highest BCUT2D eigenvalue weighted by Crippen LogP contribution is 2.28. The molecule has 5 atom stereocenters. The van der Waals surface area contributed by atoms with Crippen molar-refractivity contribution in [3.8, 4) is 0 Å². The zero-order valence-electron chi connectivity index (χ0n) is 13.7. The minimum atomic E-state index is -1.68. The number of aliphatic hydroxyl groups is 1. The summed E-state index contributed by atoms with van der Waals surface area (Å²) in [5, 5.41) is 10.0. The smallest absolute Gasteiger partial charge is 0.303 e. The highest BCUT2D eigenvalue weighted by molar-refractivity contribution is 5.68. The molecular formula is C14H20O10. The lowest BCUT2D eigenvalue weighted by atomic mass is 9.98. The number of carbonyl (C=O) groups excluding carboxylic acids is 4. The summed E-state index contributed by atoms with van der Waals surface area (Å²) in [6, 6.07) is 0. The summed E-state index contributed by atoms with van der Waals surface area (Å²) in [6.07, 6.45) is -6.79. The van der Waals surface area contributed by atoms with Crippen molar-refractivity contribution in [2.24, 2.45) is 0 Å². The van der Waals surface area contributed by atoms with Gasteiger partial charge in [-0.05, 0) is 0 Å². The molecule has 0 aliphatic carbocycles. The predicted molar refractivity (Wildman–Crippen MR) is 74.2 cm³/mol. The molecule has 1 rings (SSSR count). The number of aliphatic hydroxyl groups excluding tert-OH is 1. The number of carbonyl (C=O) groups is 4. The van der Waals surface area contributed by atoms with Crippen molar-refractivity contribution < 1.29 is 48.0 Å². The largest absolute Gasteiger partial charge is 0.463 e. The monoisotopic (exact) mass is 348 g/mol. The van der Waals surface area contributed by atoms with Crippen LogP contribution in [0.2, 0.25) is 0 Å². The molecule has 2 unspecified atom stereocenters. The molecule has 1 heterocycles. The molecule has 24 heavy (non-hydrogen) atoms. The topological polar surface area (TPSA) is 135 Å². The number of hydrogen-bond acceptors (Lipinski definition) is 10. The minimum Gasteiger partial charge on any atom is -0.463 e. The Hall–Kier alpha value is -2.20. The van der Waals surface area contributed by atoms with E-state index in [1.54, 1.807) is 0 Å². The molecule has 0 aromatic heterocycles. The van der Waals surface area contributed by atoms with Crippen LogP contribution in [0.4, 0.5) is 0 Å². The molecule has 0 radical (unpaired) electrons. The van der Waals surface area contributed by atoms with Crippen molar-refractivity contribution >= 4 is 23.9 Å². The number of rotatable bonds is 5. The van der Waals surface area contributed by atoms with Crippen LogP contribution in [0, 0.1) is 0 Å². The molecule has 0 amide bonds. The molecule has 136 valence electrons. The molecule has 10 nitrogen and oxygen atoms in total. The lowest BCUT2D eigenvalue weighted by Gasteiger charge is -2.42. The summed E-state index contributed by atoms with van der Waals surface area (Å²) >= 11 is 0. The molecule has 0 aromatic carbocycles. The first-order valence-electron chi connectivity index (χ1n) is 7.10. The molecule has 1 saturated heterocycles. The first-order valence-corrected chi connectivity index (χ1v) is 7.10. The maximum atomic E-state index is 11.3. The Labute approximate surface area is 137 Å². The molecule has 10 heteroatoms. The van der Waals surface area contributed by atoms with Crippen LogP contribution in [0.25, 0.3) is 0 Å². The summed E-state index contributed by atoms with van der Waals surface area (Å²) < 4.78 is 25.0. The molecular weight excluding hydrogens is 328 g/mol. The third-order valence-corrected chi connectivity index (χ3v) is 2.97. The van der Waals surface area contributed by atoms with E-state index in [9.17, 15) is 24.3 Å². The van der Waals surface area contributed by atoms with Crippen molar-refractivity contribution in [3.63, 3.8) is 0 Å². The Balaban J connectivity index is 3.11. The fraction of sp³-hybridized carbons (Fsp3) is 0.714. The van der Waals surface area contributed by atoms with E-state index in [2.05, 4.69) is 0 Å². The van der Waals surface area contributed by atoms with E-state index in [0.29, 0.717) is 0 Å². The van der Waals surface area contributed by atoms with Crippen LogP contribution in [0.15, 0.2) is 0 Å². The predicted octanol–water partition coefficient (Wildman–Crippen LogP) is -0.938. The van der Waals surface area contributed by atoms with Crippen LogP contribution in [0.1, 0.15) is 27.7 Å². The number of ether oxygens (including phenoxy) is 5.